The van der Waals surface area contributed by atoms with Gasteiger partial charge in [-0.05, 0) is 42.5 Å². The van der Waals surface area contributed by atoms with Crippen LogP contribution in [0.3, 0.4) is 0 Å². The van der Waals surface area contributed by atoms with Crippen LogP contribution in [0.4, 0.5) is 0 Å². The van der Waals surface area contributed by atoms with E-state index in [1.54, 1.807) is 7.11 Å². The number of methoxy groups -OCH3 is 1. The minimum atomic E-state index is -2.90. The minimum absolute atomic E-state index is 0.0584. The molecule has 0 amide bonds. The summed E-state index contributed by atoms with van der Waals surface area (Å²) < 4.78 is 29.4. The van der Waals surface area contributed by atoms with Crippen molar-refractivity contribution in [3.05, 3.63) is 28.2 Å². The Morgan fingerprint density at radius 1 is 1.55 bits per heavy atom. The van der Waals surface area contributed by atoms with Crippen LogP contribution >= 0.6 is 15.9 Å². The first kappa shape index (κ1) is 15.8. The molecule has 0 radical (unpaired) electrons. The third-order valence-corrected chi connectivity index (χ3v) is 6.31. The van der Waals surface area contributed by atoms with Crippen LogP contribution in [0.5, 0.6) is 5.75 Å². The number of benzene rings is 1. The van der Waals surface area contributed by atoms with Crippen molar-refractivity contribution in [1.82, 2.24) is 5.43 Å². The average molecular weight is 363 g/mol. The Labute approximate surface area is 127 Å². The summed E-state index contributed by atoms with van der Waals surface area (Å²) in [6, 6.07) is 5.68. The molecule has 7 heteroatoms. The molecule has 1 saturated heterocycles. The molecule has 0 bridgehead atoms. The SMILES string of the molecule is COc1ccc(Br)c(CC(NN)C2CCS(=O)(=O)C2)c1. The Morgan fingerprint density at radius 2 is 2.30 bits per heavy atom. The van der Waals surface area contributed by atoms with Crippen LogP contribution in [0, 0.1) is 5.92 Å². The molecule has 1 aromatic carbocycles. The summed E-state index contributed by atoms with van der Waals surface area (Å²) in [5.41, 5.74) is 3.82. The molecule has 112 valence electrons. The number of nitrogens with two attached hydrogens (primary N) is 1. The van der Waals surface area contributed by atoms with Crippen LogP contribution in [0.15, 0.2) is 22.7 Å². The quantitative estimate of drug-likeness (QED) is 0.608. The lowest BCUT2D eigenvalue weighted by Gasteiger charge is -2.22. The van der Waals surface area contributed by atoms with Crippen molar-refractivity contribution in [2.45, 2.75) is 18.9 Å². The van der Waals surface area contributed by atoms with Gasteiger partial charge in [0.05, 0.1) is 18.6 Å². The standard InChI is InChI=1S/C13H19BrN2O3S/c1-19-11-2-3-12(14)10(6-11)7-13(16-15)9-4-5-20(17,18)8-9/h2-3,6,9,13,16H,4-5,7-8,15H2,1H3. The number of sulfone groups is 1. The summed E-state index contributed by atoms with van der Waals surface area (Å²) in [4.78, 5) is 0. The van der Waals surface area contributed by atoms with E-state index >= 15 is 0 Å². The summed E-state index contributed by atoms with van der Waals surface area (Å²) in [7, 11) is -1.28. The molecular weight excluding hydrogens is 344 g/mol. The van der Waals surface area contributed by atoms with Gasteiger partial charge in [0, 0.05) is 10.5 Å². The van der Waals surface area contributed by atoms with E-state index in [1.807, 2.05) is 18.2 Å². The summed E-state index contributed by atoms with van der Waals surface area (Å²) in [5.74, 6) is 6.92. The summed E-state index contributed by atoms with van der Waals surface area (Å²) in [5, 5.41) is 0. The highest BCUT2D eigenvalue weighted by Gasteiger charge is 2.33. The van der Waals surface area contributed by atoms with Gasteiger partial charge in [0.25, 0.3) is 0 Å². The zero-order valence-corrected chi connectivity index (χ0v) is 13.7. The maximum Gasteiger partial charge on any atom is 0.150 e. The maximum atomic E-state index is 11.6. The fourth-order valence-corrected chi connectivity index (χ4v) is 4.86. The molecule has 2 atom stereocenters. The highest BCUT2D eigenvalue weighted by atomic mass is 79.9. The molecule has 1 aliphatic rings. The van der Waals surface area contributed by atoms with Crippen molar-refractivity contribution in [3.8, 4) is 5.75 Å². The minimum Gasteiger partial charge on any atom is -0.497 e. The van der Waals surface area contributed by atoms with Gasteiger partial charge in [-0.3, -0.25) is 11.3 Å². The van der Waals surface area contributed by atoms with E-state index in [0.717, 1.165) is 15.8 Å². The van der Waals surface area contributed by atoms with Crippen LogP contribution in [0.2, 0.25) is 0 Å². The molecule has 20 heavy (non-hydrogen) atoms. The lowest BCUT2D eigenvalue weighted by molar-refractivity contribution is 0.382. The van der Waals surface area contributed by atoms with E-state index in [1.165, 1.54) is 0 Å². The van der Waals surface area contributed by atoms with Gasteiger partial charge in [-0.15, -0.1) is 0 Å². The normalized spacial score (nSPS) is 22.6. The van der Waals surface area contributed by atoms with E-state index in [9.17, 15) is 8.42 Å². The Bertz CT molecular complexity index is 577. The van der Waals surface area contributed by atoms with Gasteiger partial charge in [-0.1, -0.05) is 15.9 Å². The first-order valence-electron chi connectivity index (χ1n) is 6.44. The van der Waals surface area contributed by atoms with E-state index in [-0.39, 0.29) is 23.5 Å². The predicted molar refractivity (Wildman–Crippen MR) is 82.3 cm³/mol. The van der Waals surface area contributed by atoms with Crippen LogP contribution in [0.1, 0.15) is 12.0 Å². The molecule has 0 aromatic heterocycles. The Kier molecular flexibility index (Phi) is 5.06. The highest BCUT2D eigenvalue weighted by Crippen LogP contribution is 2.28. The third kappa shape index (κ3) is 3.72. The van der Waals surface area contributed by atoms with Gasteiger partial charge in [-0.2, -0.15) is 0 Å². The molecule has 0 aliphatic carbocycles. The Balaban J connectivity index is 2.14. The van der Waals surface area contributed by atoms with E-state index in [2.05, 4.69) is 21.4 Å². The fraction of sp³-hybridized carbons (Fsp3) is 0.538. The van der Waals surface area contributed by atoms with Crippen LogP contribution in [-0.2, 0) is 16.3 Å². The Hall–Kier alpha value is -0.630. The molecule has 1 aromatic rings. The molecule has 3 N–H and O–H groups in total. The van der Waals surface area contributed by atoms with Crippen LogP contribution < -0.4 is 16.0 Å². The van der Waals surface area contributed by atoms with Gasteiger partial charge >= 0.3 is 0 Å². The molecule has 0 saturated carbocycles. The molecular formula is C13H19BrN2O3S. The van der Waals surface area contributed by atoms with Crippen molar-refractivity contribution in [2.24, 2.45) is 11.8 Å². The lowest BCUT2D eigenvalue weighted by atomic mass is 9.93. The number of hydrazine groups is 1. The predicted octanol–water partition coefficient (Wildman–Crippen LogP) is 1.27. The fourth-order valence-electron chi connectivity index (χ4n) is 2.57. The second-order valence-corrected chi connectivity index (χ2v) is 8.18. The zero-order valence-electron chi connectivity index (χ0n) is 11.3. The monoisotopic (exact) mass is 362 g/mol. The molecule has 1 heterocycles. The van der Waals surface area contributed by atoms with Gasteiger partial charge in [0.1, 0.15) is 5.75 Å². The molecule has 1 fully saturated rings. The summed E-state index contributed by atoms with van der Waals surface area (Å²) in [6.45, 7) is 0. The molecule has 0 spiro atoms. The van der Waals surface area contributed by atoms with E-state index in [4.69, 9.17) is 10.6 Å². The second-order valence-electron chi connectivity index (χ2n) is 5.10. The van der Waals surface area contributed by atoms with Crippen LogP contribution in [-0.4, -0.2) is 33.1 Å². The van der Waals surface area contributed by atoms with Crippen molar-refractivity contribution in [2.75, 3.05) is 18.6 Å². The van der Waals surface area contributed by atoms with Crippen molar-refractivity contribution < 1.29 is 13.2 Å². The number of rotatable bonds is 5. The lowest BCUT2D eigenvalue weighted by Crippen LogP contribution is -2.43. The number of halogens is 1. The smallest absolute Gasteiger partial charge is 0.150 e. The van der Waals surface area contributed by atoms with Gasteiger partial charge in [-0.25, -0.2) is 8.42 Å². The number of nitrogens with one attached hydrogen (secondary N) is 1. The first-order valence-corrected chi connectivity index (χ1v) is 9.05. The number of ether oxygens (including phenoxy) is 1. The average Bonchev–Trinajstić information content (AvgIpc) is 2.78. The Morgan fingerprint density at radius 3 is 2.85 bits per heavy atom. The topological polar surface area (TPSA) is 81.4 Å². The maximum absolute atomic E-state index is 11.6. The summed E-state index contributed by atoms with van der Waals surface area (Å²) in [6.07, 6.45) is 1.33. The molecule has 2 unspecified atom stereocenters. The van der Waals surface area contributed by atoms with Crippen molar-refractivity contribution >= 4 is 25.8 Å². The molecule has 2 rings (SSSR count). The van der Waals surface area contributed by atoms with Gasteiger partial charge < -0.3 is 4.74 Å². The van der Waals surface area contributed by atoms with Gasteiger partial charge in [0.2, 0.25) is 0 Å². The molecule has 1 aliphatic heterocycles. The highest BCUT2D eigenvalue weighted by molar-refractivity contribution is 9.10. The second kappa shape index (κ2) is 6.43. The number of hydrogen-bond acceptors (Lipinski definition) is 5. The molecule has 5 nitrogen and oxygen atoms in total. The van der Waals surface area contributed by atoms with E-state index < -0.39 is 9.84 Å². The third-order valence-electron chi connectivity index (χ3n) is 3.74. The zero-order chi connectivity index (χ0) is 14.8. The van der Waals surface area contributed by atoms with Gasteiger partial charge in [0.15, 0.2) is 9.84 Å². The first-order chi connectivity index (χ1) is 9.45. The summed E-state index contributed by atoms with van der Waals surface area (Å²) >= 11 is 3.51. The van der Waals surface area contributed by atoms with Crippen molar-refractivity contribution in [3.63, 3.8) is 0 Å². The largest absolute Gasteiger partial charge is 0.497 e. The van der Waals surface area contributed by atoms with Crippen molar-refractivity contribution in [1.29, 1.82) is 0 Å². The number of hydrogen-bond donors (Lipinski definition) is 2. The van der Waals surface area contributed by atoms with Crippen LogP contribution in [0.25, 0.3) is 0 Å². The van der Waals surface area contributed by atoms with E-state index in [0.29, 0.717) is 12.8 Å².